The first kappa shape index (κ1) is 13.7. The van der Waals surface area contributed by atoms with E-state index >= 15 is 0 Å². The van der Waals surface area contributed by atoms with Crippen LogP contribution in [0.5, 0.6) is 11.6 Å². The summed E-state index contributed by atoms with van der Waals surface area (Å²) in [6.07, 6.45) is -3.78. The van der Waals surface area contributed by atoms with Crippen molar-refractivity contribution >= 4 is 11.6 Å². The average molecular weight is 288 g/mol. The van der Waals surface area contributed by atoms with Crippen LogP contribution in [0, 0.1) is 6.92 Å². The first-order valence-electron chi connectivity index (χ1n) is 5.33. The number of aryl methyl sites for hydroxylation is 1. The zero-order valence-electron chi connectivity index (χ0n) is 9.83. The Hall–Kier alpha value is -1.75. The Labute approximate surface area is 112 Å². The molecule has 1 aromatic carbocycles. The minimum Gasteiger partial charge on any atom is -0.438 e. The van der Waals surface area contributed by atoms with Crippen LogP contribution in [-0.2, 0) is 6.18 Å². The molecule has 2 aromatic rings. The maximum absolute atomic E-state index is 12.4. The van der Waals surface area contributed by atoms with Gasteiger partial charge in [0.2, 0.25) is 5.88 Å². The predicted molar refractivity (Wildman–Crippen MR) is 65.5 cm³/mol. The number of benzene rings is 1. The first-order valence-corrected chi connectivity index (χ1v) is 5.71. The molecule has 0 unspecified atom stereocenters. The van der Waals surface area contributed by atoms with Crippen molar-refractivity contribution in [2.24, 2.45) is 0 Å². The lowest BCUT2D eigenvalue weighted by molar-refractivity contribution is -0.137. The van der Waals surface area contributed by atoms with Gasteiger partial charge in [0.1, 0.15) is 10.8 Å². The molecule has 6 heteroatoms. The smallest absolute Gasteiger partial charge is 0.417 e. The van der Waals surface area contributed by atoms with Crippen molar-refractivity contribution in [1.29, 1.82) is 0 Å². The fourth-order valence-corrected chi connectivity index (χ4v) is 1.65. The second-order valence-electron chi connectivity index (χ2n) is 3.93. The normalized spacial score (nSPS) is 11.4. The van der Waals surface area contributed by atoms with E-state index in [0.29, 0.717) is 11.9 Å². The monoisotopic (exact) mass is 287 g/mol. The zero-order valence-corrected chi connectivity index (χ0v) is 10.6. The number of alkyl halides is 3. The summed E-state index contributed by atoms with van der Waals surface area (Å²) in [5.74, 6) is 0.412. The summed E-state index contributed by atoms with van der Waals surface area (Å²) in [6.45, 7) is 1.87. The van der Waals surface area contributed by atoms with Crippen LogP contribution in [0.4, 0.5) is 13.2 Å². The van der Waals surface area contributed by atoms with Gasteiger partial charge in [0.25, 0.3) is 0 Å². The second kappa shape index (κ2) is 5.09. The molecule has 0 fully saturated rings. The van der Waals surface area contributed by atoms with Crippen molar-refractivity contribution in [3.63, 3.8) is 0 Å². The molecule has 0 aliphatic carbocycles. The van der Waals surface area contributed by atoms with Crippen LogP contribution in [0.15, 0.2) is 36.5 Å². The van der Waals surface area contributed by atoms with Crippen LogP contribution in [-0.4, -0.2) is 4.98 Å². The molecule has 0 radical (unpaired) electrons. The summed E-state index contributed by atoms with van der Waals surface area (Å²) in [5, 5.41) is -0.184. The Bertz CT molecular complexity index is 599. The Morgan fingerprint density at radius 1 is 1.21 bits per heavy atom. The molecule has 0 bridgehead atoms. The number of halogens is 4. The molecule has 0 amide bonds. The number of aromatic nitrogens is 1. The maximum atomic E-state index is 12.4. The van der Waals surface area contributed by atoms with E-state index in [2.05, 4.69) is 4.98 Å². The van der Waals surface area contributed by atoms with Crippen LogP contribution < -0.4 is 4.74 Å². The third-order valence-electron chi connectivity index (χ3n) is 2.34. The highest BCUT2D eigenvalue weighted by atomic mass is 35.5. The van der Waals surface area contributed by atoms with Gasteiger partial charge in [0.05, 0.1) is 5.56 Å². The van der Waals surface area contributed by atoms with E-state index in [-0.39, 0.29) is 10.9 Å². The largest absolute Gasteiger partial charge is 0.438 e. The van der Waals surface area contributed by atoms with Crippen LogP contribution in [0.2, 0.25) is 5.02 Å². The third kappa shape index (κ3) is 3.38. The molecule has 0 atom stereocenters. The number of pyridine rings is 1. The van der Waals surface area contributed by atoms with Gasteiger partial charge in [0.15, 0.2) is 0 Å². The first-order chi connectivity index (χ1) is 8.86. The van der Waals surface area contributed by atoms with Crippen LogP contribution in [0.1, 0.15) is 11.1 Å². The summed E-state index contributed by atoms with van der Waals surface area (Å²) < 4.78 is 42.7. The lowest BCUT2D eigenvalue weighted by atomic mass is 10.2. The lowest BCUT2D eigenvalue weighted by Crippen LogP contribution is -2.05. The van der Waals surface area contributed by atoms with Crippen LogP contribution in [0.25, 0.3) is 0 Å². The van der Waals surface area contributed by atoms with Crippen molar-refractivity contribution < 1.29 is 17.9 Å². The number of ether oxygens (including phenoxy) is 1. The topological polar surface area (TPSA) is 22.1 Å². The summed E-state index contributed by atoms with van der Waals surface area (Å²) in [7, 11) is 0. The molecule has 0 saturated heterocycles. The highest BCUT2D eigenvalue weighted by Crippen LogP contribution is 2.34. The van der Waals surface area contributed by atoms with E-state index in [1.807, 2.05) is 13.0 Å². The lowest BCUT2D eigenvalue weighted by Gasteiger charge is -2.10. The van der Waals surface area contributed by atoms with Gasteiger partial charge >= 0.3 is 6.18 Å². The Balaban J connectivity index is 2.27. The predicted octanol–water partition coefficient (Wildman–Crippen LogP) is 4.85. The number of hydrogen-bond acceptors (Lipinski definition) is 2. The summed E-state index contributed by atoms with van der Waals surface area (Å²) in [4.78, 5) is 3.60. The summed E-state index contributed by atoms with van der Waals surface area (Å²) in [6, 6.07) is 7.83. The average Bonchev–Trinajstić information content (AvgIpc) is 2.30. The van der Waals surface area contributed by atoms with E-state index in [4.69, 9.17) is 16.3 Å². The number of rotatable bonds is 2. The Morgan fingerprint density at radius 3 is 2.53 bits per heavy atom. The van der Waals surface area contributed by atoms with Crippen LogP contribution >= 0.6 is 11.6 Å². The molecule has 0 aliphatic rings. The minimum absolute atomic E-state index is 0.0553. The van der Waals surface area contributed by atoms with E-state index in [1.165, 1.54) is 0 Å². The molecule has 2 nitrogen and oxygen atoms in total. The number of nitrogens with zero attached hydrogens (tertiary/aromatic N) is 1. The van der Waals surface area contributed by atoms with Crippen molar-refractivity contribution in [2.75, 3.05) is 0 Å². The molecule has 0 saturated carbocycles. The van der Waals surface area contributed by atoms with Gasteiger partial charge in [0, 0.05) is 6.20 Å². The molecule has 0 spiro atoms. The fraction of sp³-hybridized carbons (Fsp3) is 0.154. The molecule has 0 aliphatic heterocycles. The van der Waals surface area contributed by atoms with Crippen molar-refractivity contribution in [3.8, 4) is 11.6 Å². The molecular formula is C13H9ClF3NO. The Morgan fingerprint density at radius 2 is 1.95 bits per heavy atom. The maximum Gasteiger partial charge on any atom is 0.417 e. The van der Waals surface area contributed by atoms with Crippen molar-refractivity contribution in [3.05, 3.63) is 52.7 Å². The Kier molecular flexibility index (Phi) is 3.66. The van der Waals surface area contributed by atoms with Crippen molar-refractivity contribution in [1.82, 2.24) is 4.98 Å². The summed E-state index contributed by atoms with van der Waals surface area (Å²) >= 11 is 5.74. The standard InChI is InChI=1S/C13H9ClF3NO/c1-8-3-2-4-10(5-8)19-12-11(14)6-9(7-18-12)13(15,16)17/h2-7H,1H3. The fourth-order valence-electron chi connectivity index (χ4n) is 1.45. The highest BCUT2D eigenvalue weighted by molar-refractivity contribution is 6.31. The third-order valence-corrected chi connectivity index (χ3v) is 2.61. The second-order valence-corrected chi connectivity index (χ2v) is 4.33. The molecule has 19 heavy (non-hydrogen) atoms. The van der Waals surface area contributed by atoms with Gasteiger partial charge in [-0.05, 0) is 30.7 Å². The number of hydrogen-bond donors (Lipinski definition) is 0. The molecular weight excluding hydrogens is 279 g/mol. The zero-order chi connectivity index (χ0) is 14.0. The summed E-state index contributed by atoms with van der Waals surface area (Å²) in [5.41, 5.74) is 0.0506. The van der Waals surface area contributed by atoms with Gasteiger partial charge in [-0.3, -0.25) is 0 Å². The SMILES string of the molecule is Cc1cccc(Oc2ncc(C(F)(F)F)cc2Cl)c1. The minimum atomic E-state index is -4.47. The molecule has 2 rings (SSSR count). The van der Waals surface area contributed by atoms with Gasteiger partial charge in [-0.2, -0.15) is 13.2 Å². The molecule has 1 aromatic heterocycles. The van der Waals surface area contributed by atoms with Crippen LogP contribution in [0.3, 0.4) is 0 Å². The van der Waals surface area contributed by atoms with E-state index in [9.17, 15) is 13.2 Å². The molecule has 0 N–H and O–H groups in total. The van der Waals surface area contributed by atoms with Gasteiger partial charge in [-0.25, -0.2) is 4.98 Å². The van der Waals surface area contributed by atoms with Crippen molar-refractivity contribution in [2.45, 2.75) is 13.1 Å². The van der Waals surface area contributed by atoms with Gasteiger partial charge < -0.3 is 4.74 Å². The van der Waals surface area contributed by atoms with E-state index in [0.717, 1.165) is 11.6 Å². The van der Waals surface area contributed by atoms with E-state index < -0.39 is 11.7 Å². The van der Waals surface area contributed by atoms with Gasteiger partial charge in [-0.15, -0.1) is 0 Å². The van der Waals surface area contributed by atoms with Gasteiger partial charge in [-0.1, -0.05) is 23.7 Å². The molecule has 100 valence electrons. The molecule has 1 heterocycles. The highest BCUT2D eigenvalue weighted by Gasteiger charge is 2.31. The van der Waals surface area contributed by atoms with E-state index in [1.54, 1.807) is 18.2 Å². The quantitative estimate of drug-likeness (QED) is 0.787.